The van der Waals surface area contributed by atoms with Crippen LogP contribution in [0, 0.1) is 5.92 Å². The van der Waals surface area contributed by atoms with Gasteiger partial charge in [-0.25, -0.2) is 0 Å². The first-order valence-electron chi connectivity index (χ1n) is 5.62. The van der Waals surface area contributed by atoms with Gasteiger partial charge in [-0.2, -0.15) is 11.3 Å². The van der Waals surface area contributed by atoms with Crippen molar-refractivity contribution >= 4 is 17.0 Å². The van der Waals surface area contributed by atoms with Crippen molar-refractivity contribution in [2.75, 3.05) is 11.9 Å². The molecule has 1 aromatic rings. The molecule has 80 valence electrons. The molecule has 0 aromatic carbocycles. The van der Waals surface area contributed by atoms with E-state index in [-0.39, 0.29) is 0 Å². The van der Waals surface area contributed by atoms with E-state index in [9.17, 15) is 0 Å². The normalized spacial score (nSPS) is 12.7. The molecule has 0 spiro atoms. The average molecular weight is 211 g/mol. The highest BCUT2D eigenvalue weighted by Gasteiger charge is 2.04. The van der Waals surface area contributed by atoms with Crippen molar-refractivity contribution < 1.29 is 0 Å². The highest BCUT2D eigenvalue weighted by atomic mass is 32.1. The molecular weight excluding hydrogens is 190 g/mol. The van der Waals surface area contributed by atoms with Crippen LogP contribution in [0.5, 0.6) is 0 Å². The van der Waals surface area contributed by atoms with Crippen LogP contribution in [0.2, 0.25) is 0 Å². The Morgan fingerprint density at radius 2 is 2.29 bits per heavy atom. The lowest BCUT2D eigenvalue weighted by Crippen LogP contribution is -2.13. The van der Waals surface area contributed by atoms with Gasteiger partial charge in [0, 0.05) is 17.6 Å². The summed E-state index contributed by atoms with van der Waals surface area (Å²) in [5.74, 6) is 0.842. The van der Waals surface area contributed by atoms with Gasteiger partial charge in [0.2, 0.25) is 0 Å². The van der Waals surface area contributed by atoms with Crippen molar-refractivity contribution in [2.24, 2.45) is 5.92 Å². The summed E-state index contributed by atoms with van der Waals surface area (Å²) in [7, 11) is 0. The highest BCUT2D eigenvalue weighted by molar-refractivity contribution is 7.08. The van der Waals surface area contributed by atoms with E-state index < -0.39 is 0 Å². The highest BCUT2D eigenvalue weighted by Crippen LogP contribution is 2.16. The van der Waals surface area contributed by atoms with Crippen LogP contribution < -0.4 is 5.32 Å². The fourth-order valence-electron chi connectivity index (χ4n) is 1.57. The molecule has 0 amide bonds. The smallest absolute Gasteiger partial charge is 0.0448 e. The quantitative estimate of drug-likeness (QED) is 0.706. The summed E-state index contributed by atoms with van der Waals surface area (Å²) in [6, 6.07) is 2.15. The first kappa shape index (κ1) is 11.6. The Bertz CT molecular complexity index is 218. The van der Waals surface area contributed by atoms with Gasteiger partial charge in [-0.15, -0.1) is 0 Å². The summed E-state index contributed by atoms with van der Waals surface area (Å²) in [5, 5.41) is 7.79. The molecule has 0 radical (unpaired) electrons. The van der Waals surface area contributed by atoms with E-state index in [0.29, 0.717) is 0 Å². The summed E-state index contributed by atoms with van der Waals surface area (Å²) in [6.45, 7) is 5.68. The van der Waals surface area contributed by atoms with Crippen molar-refractivity contribution in [3.05, 3.63) is 16.8 Å². The minimum Gasteiger partial charge on any atom is -0.384 e. The van der Waals surface area contributed by atoms with Gasteiger partial charge in [-0.05, 0) is 23.8 Å². The van der Waals surface area contributed by atoms with Crippen LogP contribution >= 0.6 is 11.3 Å². The molecule has 1 heterocycles. The maximum atomic E-state index is 3.49. The number of anilines is 1. The second kappa shape index (κ2) is 6.88. The third kappa shape index (κ3) is 4.14. The molecule has 2 heteroatoms. The summed E-state index contributed by atoms with van der Waals surface area (Å²) >= 11 is 1.75. The van der Waals surface area contributed by atoms with Crippen molar-refractivity contribution in [2.45, 2.75) is 39.5 Å². The Balaban J connectivity index is 2.20. The second-order valence-electron chi connectivity index (χ2n) is 3.81. The first-order chi connectivity index (χ1) is 6.86. The van der Waals surface area contributed by atoms with Crippen LogP contribution in [0.4, 0.5) is 5.69 Å². The van der Waals surface area contributed by atoms with E-state index in [2.05, 4.69) is 36.0 Å². The summed E-state index contributed by atoms with van der Waals surface area (Å²) in [4.78, 5) is 0. The number of thiophene rings is 1. The maximum absolute atomic E-state index is 3.49. The van der Waals surface area contributed by atoms with Crippen LogP contribution in [-0.4, -0.2) is 6.54 Å². The van der Waals surface area contributed by atoms with Crippen LogP contribution in [0.1, 0.15) is 39.5 Å². The van der Waals surface area contributed by atoms with Gasteiger partial charge in [-0.1, -0.05) is 33.1 Å². The predicted octanol–water partition coefficient (Wildman–Crippen LogP) is 4.38. The standard InChI is InChI=1S/C12H21NS/c1-3-5-6-11(4-2)9-13-12-7-8-14-10-12/h7-8,10-11,13H,3-6,9H2,1-2H3. The van der Waals surface area contributed by atoms with Crippen LogP contribution in [-0.2, 0) is 0 Å². The topological polar surface area (TPSA) is 12.0 Å². The lowest BCUT2D eigenvalue weighted by atomic mass is 9.99. The largest absolute Gasteiger partial charge is 0.384 e. The van der Waals surface area contributed by atoms with Gasteiger partial charge in [-0.3, -0.25) is 0 Å². The van der Waals surface area contributed by atoms with Crippen LogP contribution in [0.3, 0.4) is 0 Å². The predicted molar refractivity (Wildman–Crippen MR) is 66.1 cm³/mol. The Morgan fingerprint density at radius 1 is 1.43 bits per heavy atom. The molecule has 1 rings (SSSR count). The average Bonchev–Trinajstić information content (AvgIpc) is 2.71. The van der Waals surface area contributed by atoms with Crippen molar-refractivity contribution in [3.63, 3.8) is 0 Å². The summed E-state index contributed by atoms with van der Waals surface area (Å²) in [6.07, 6.45) is 5.33. The molecule has 14 heavy (non-hydrogen) atoms. The minimum absolute atomic E-state index is 0.842. The number of hydrogen-bond donors (Lipinski definition) is 1. The second-order valence-corrected chi connectivity index (χ2v) is 4.59. The fourth-order valence-corrected chi connectivity index (χ4v) is 2.18. The molecule has 1 unspecified atom stereocenters. The van der Waals surface area contributed by atoms with Crippen molar-refractivity contribution in [3.8, 4) is 0 Å². The van der Waals surface area contributed by atoms with E-state index in [4.69, 9.17) is 0 Å². The third-order valence-electron chi connectivity index (χ3n) is 2.66. The molecule has 0 bridgehead atoms. The Labute approximate surface area is 91.5 Å². The first-order valence-corrected chi connectivity index (χ1v) is 6.57. The molecule has 1 atom stereocenters. The molecule has 1 N–H and O–H groups in total. The monoisotopic (exact) mass is 211 g/mol. The Hall–Kier alpha value is -0.500. The van der Waals surface area contributed by atoms with E-state index in [0.717, 1.165) is 12.5 Å². The van der Waals surface area contributed by atoms with Gasteiger partial charge >= 0.3 is 0 Å². The van der Waals surface area contributed by atoms with Crippen molar-refractivity contribution in [1.82, 2.24) is 0 Å². The lowest BCUT2D eigenvalue weighted by molar-refractivity contribution is 0.473. The summed E-state index contributed by atoms with van der Waals surface area (Å²) in [5.41, 5.74) is 1.28. The van der Waals surface area contributed by atoms with Gasteiger partial charge in [0.25, 0.3) is 0 Å². The SMILES string of the molecule is CCCCC(CC)CNc1ccsc1. The number of unbranched alkanes of at least 4 members (excludes halogenated alkanes) is 1. The minimum atomic E-state index is 0.842. The zero-order chi connectivity index (χ0) is 10.2. The van der Waals surface area contributed by atoms with Gasteiger partial charge < -0.3 is 5.32 Å². The van der Waals surface area contributed by atoms with Crippen LogP contribution in [0.15, 0.2) is 16.8 Å². The molecule has 0 saturated heterocycles. The molecule has 1 nitrogen and oxygen atoms in total. The summed E-state index contributed by atoms with van der Waals surface area (Å²) < 4.78 is 0. The Kier molecular flexibility index (Phi) is 5.69. The molecule has 0 aliphatic carbocycles. The number of hydrogen-bond acceptors (Lipinski definition) is 2. The van der Waals surface area contributed by atoms with Gasteiger partial charge in [0.1, 0.15) is 0 Å². The van der Waals surface area contributed by atoms with E-state index in [1.54, 1.807) is 11.3 Å². The molecular formula is C12H21NS. The van der Waals surface area contributed by atoms with Gasteiger partial charge in [0.05, 0.1) is 0 Å². The molecule has 0 aliphatic rings. The third-order valence-corrected chi connectivity index (χ3v) is 3.34. The molecule has 1 aromatic heterocycles. The number of nitrogens with one attached hydrogen (secondary N) is 1. The molecule has 0 aliphatic heterocycles. The molecule has 0 saturated carbocycles. The lowest BCUT2D eigenvalue weighted by Gasteiger charge is -2.15. The van der Waals surface area contributed by atoms with Crippen LogP contribution in [0.25, 0.3) is 0 Å². The zero-order valence-corrected chi connectivity index (χ0v) is 10.1. The fraction of sp³-hybridized carbons (Fsp3) is 0.667. The Morgan fingerprint density at radius 3 is 2.86 bits per heavy atom. The zero-order valence-electron chi connectivity index (χ0n) is 9.25. The van der Waals surface area contributed by atoms with E-state index >= 15 is 0 Å². The maximum Gasteiger partial charge on any atom is 0.0448 e. The van der Waals surface area contributed by atoms with Crippen molar-refractivity contribution in [1.29, 1.82) is 0 Å². The van der Waals surface area contributed by atoms with E-state index in [1.165, 1.54) is 31.4 Å². The number of rotatable bonds is 7. The molecule has 0 fully saturated rings. The van der Waals surface area contributed by atoms with E-state index in [1.807, 2.05) is 0 Å². The van der Waals surface area contributed by atoms with Gasteiger partial charge in [0.15, 0.2) is 0 Å².